The van der Waals surface area contributed by atoms with Gasteiger partial charge in [0.05, 0.1) is 5.54 Å². The average molecular weight is 419 g/mol. The van der Waals surface area contributed by atoms with Gasteiger partial charge < -0.3 is 5.32 Å². The Hall–Kier alpha value is -2.31. The summed E-state index contributed by atoms with van der Waals surface area (Å²) in [4.78, 5) is 13.1. The monoisotopic (exact) mass is 418 g/mol. The lowest BCUT2D eigenvalue weighted by Gasteiger charge is -2.30. The Balaban J connectivity index is 1.98. The summed E-state index contributed by atoms with van der Waals surface area (Å²) in [5.41, 5.74) is 0.651. The topological polar surface area (TPSA) is 66.5 Å². The number of carbonyl (C=O) groups is 1. The Labute approximate surface area is 171 Å². The fourth-order valence-corrected chi connectivity index (χ4v) is 5.55. The first-order valence-corrected chi connectivity index (χ1v) is 10.8. The van der Waals surface area contributed by atoms with E-state index in [1.165, 1.54) is 0 Å². The van der Waals surface area contributed by atoms with Gasteiger partial charge in [0.2, 0.25) is 0 Å². The molecule has 1 heterocycles. The maximum atomic E-state index is 13.2. The van der Waals surface area contributed by atoms with Crippen LogP contribution in [0, 0.1) is 0 Å². The molecule has 0 aromatic heterocycles. The predicted octanol–water partition coefficient (Wildman–Crippen LogP) is 3.81. The molecule has 1 N–H and O–H groups in total. The summed E-state index contributed by atoms with van der Waals surface area (Å²) < 4.78 is 27.4. The van der Waals surface area contributed by atoms with E-state index < -0.39 is 21.5 Å². The molecule has 0 atom stereocenters. The van der Waals surface area contributed by atoms with E-state index in [1.54, 1.807) is 57.2 Å². The molecule has 0 saturated carbocycles. The van der Waals surface area contributed by atoms with Gasteiger partial charge >= 0.3 is 0 Å². The van der Waals surface area contributed by atoms with E-state index in [9.17, 15) is 13.2 Å². The van der Waals surface area contributed by atoms with Crippen molar-refractivity contribution in [3.63, 3.8) is 0 Å². The third-order valence-electron chi connectivity index (χ3n) is 4.42. The van der Waals surface area contributed by atoms with Crippen LogP contribution in [-0.4, -0.2) is 30.7 Å². The highest BCUT2D eigenvalue weighted by Gasteiger charge is 2.49. The number of benzene rings is 2. The van der Waals surface area contributed by atoms with Crippen LogP contribution >= 0.6 is 11.6 Å². The SMILES string of the molecule is CC(C)(C)N1C(=O)C(NCCc2ccccc2Cl)=C(c2ccccc2)S1(=O)=O. The molecule has 0 aliphatic carbocycles. The van der Waals surface area contributed by atoms with Crippen LogP contribution in [0.5, 0.6) is 0 Å². The summed E-state index contributed by atoms with van der Waals surface area (Å²) in [6, 6.07) is 16.2. The van der Waals surface area contributed by atoms with Gasteiger partial charge in [0.1, 0.15) is 10.6 Å². The standard InChI is InChI=1S/C21H23ClN2O3S/c1-21(2,3)24-20(25)18(23-14-13-15-9-7-8-12-17(15)22)19(28(24,26)27)16-10-5-4-6-11-16/h4-12,23H,13-14H2,1-3H3. The number of hydrogen-bond acceptors (Lipinski definition) is 4. The molecule has 0 saturated heterocycles. The molecule has 2 aromatic carbocycles. The molecular formula is C21H23ClN2O3S. The first-order valence-electron chi connectivity index (χ1n) is 9.01. The Morgan fingerprint density at radius 1 is 1.00 bits per heavy atom. The highest BCUT2D eigenvalue weighted by molar-refractivity contribution is 7.99. The molecule has 0 unspecified atom stereocenters. The summed E-state index contributed by atoms with van der Waals surface area (Å²) in [7, 11) is -3.97. The van der Waals surface area contributed by atoms with Crippen molar-refractivity contribution < 1.29 is 13.2 Å². The summed E-state index contributed by atoms with van der Waals surface area (Å²) in [5.74, 6) is -0.537. The number of amides is 1. The lowest BCUT2D eigenvalue weighted by Crippen LogP contribution is -2.46. The first-order chi connectivity index (χ1) is 13.1. The zero-order valence-corrected chi connectivity index (χ0v) is 17.6. The van der Waals surface area contributed by atoms with E-state index in [1.807, 2.05) is 18.2 Å². The van der Waals surface area contributed by atoms with E-state index in [0.717, 1.165) is 9.87 Å². The van der Waals surface area contributed by atoms with Gasteiger partial charge in [-0.05, 0) is 44.4 Å². The minimum Gasteiger partial charge on any atom is -0.379 e. The molecule has 1 aliphatic rings. The summed E-state index contributed by atoms with van der Waals surface area (Å²) in [5, 5.41) is 3.71. The van der Waals surface area contributed by atoms with E-state index >= 15 is 0 Å². The van der Waals surface area contributed by atoms with Gasteiger partial charge in [0, 0.05) is 11.6 Å². The fraction of sp³-hybridized carbons (Fsp3) is 0.286. The molecule has 0 radical (unpaired) electrons. The summed E-state index contributed by atoms with van der Waals surface area (Å²) >= 11 is 6.19. The second kappa shape index (κ2) is 7.60. The molecule has 1 amide bonds. The van der Waals surface area contributed by atoms with E-state index in [-0.39, 0.29) is 10.6 Å². The summed E-state index contributed by atoms with van der Waals surface area (Å²) in [6.45, 7) is 5.50. The van der Waals surface area contributed by atoms with Crippen molar-refractivity contribution >= 4 is 32.4 Å². The maximum Gasteiger partial charge on any atom is 0.285 e. The van der Waals surface area contributed by atoms with Crippen molar-refractivity contribution in [3.8, 4) is 0 Å². The van der Waals surface area contributed by atoms with Gasteiger partial charge in [-0.1, -0.05) is 60.1 Å². The van der Waals surface area contributed by atoms with Crippen molar-refractivity contribution in [2.75, 3.05) is 6.54 Å². The number of rotatable bonds is 5. The van der Waals surface area contributed by atoms with Gasteiger partial charge in [0.15, 0.2) is 0 Å². The van der Waals surface area contributed by atoms with Gasteiger partial charge in [-0.2, -0.15) is 0 Å². The maximum absolute atomic E-state index is 13.2. The number of halogens is 1. The van der Waals surface area contributed by atoms with Crippen LogP contribution in [0.3, 0.4) is 0 Å². The van der Waals surface area contributed by atoms with E-state index in [2.05, 4.69) is 5.32 Å². The first kappa shape index (κ1) is 20.4. The fourth-order valence-electron chi connectivity index (χ4n) is 3.26. The predicted molar refractivity (Wildman–Crippen MR) is 112 cm³/mol. The zero-order valence-electron chi connectivity index (χ0n) is 16.1. The molecule has 1 aliphatic heterocycles. The third-order valence-corrected chi connectivity index (χ3v) is 6.94. The average Bonchev–Trinajstić information content (AvgIpc) is 2.82. The molecule has 2 aromatic rings. The number of nitrogens with zero attached hydrogens (tertiary/aromatic N) is 1. The minimum atomic E-state index is -3.97. The summed E-state index contributed by atoms with van der Waals surface area (Å²) in [6.07, 6.45) is 0.564. The van der Waals surface area contributed by atoms with Crippen molar-refractivity contribution in [2.24, 2.45) is 0 Å². The molecule has 0 bridgehead atoms. The smallest absolute Gasteiger partial charge is 0.285 e. The number of hydrogen-bond donors (Lipinski definition) is 1. The van der Waals surface area contributed by atoms with Crippen molar-refractivity contribution in [1.29, 1.82) is 0 Å². The molecule has 28 heavy (non-hydrogen) atoms. The molecule has 3 rings (SSSR count). The van der Waals surface area contributed by atoms with Crippen LogP contribution in [0.4, 0.5) is 0 Å². The molecule has 0 fully saturated rings. The van der Waals surface area contributed by atoms with Crippen molar-refractivity contribution in [3.05, 3.63) is 76.4 Å². The lowest BCUT2D eigenvalue weighted by molar-refractivity contribution is -0.125. The van der Waals surface area contributed by atoms with Gasteiger partial charge in [-0.3, -0.25) is 4.79 Å². The minimum absolute atomic E-state index is 0.0205. The second-order valence-corrected chi connectivity index (χ2v) is 9.71. The van der Waals surface area contributed by atoms with E-state index in [4.69, 9.17) is 11.6 Å². The van der Waals surface area contributed by atoms with Crippen LogP contribution < -0.4 is 5.32 Å². The van der Waals surface area contributed by atoms with Gasteiger partial charge in [-0.15, -0.1) is 0 Å². The Morgan fingerprint density at radius 2 is 1.61 bits per heavy atom. The molecule has 0 spiro atoms. The normalized spacial score (nSPS) is 16.6. The Kier molecular flexibility index (Phi) is 5.55. The van der Waals surface area contributed by atoms with Crippen LogP contribution in [0.1, 0.15) is 31.9 Å². The van der Waals surface area contributed by atoms with E-state index in [0.29, 0.717) is 23.6 Å². The number of sulfonamides is 1. The molecule has 5 nitrogen and oxygen atoms in total. The Morgan fingerprint density at radius 3 is 2.21 bits per heavy atom. The van der Waals surface area contributed by atoms with Gasteiger partial charge in [-0.25, -0.2) is 12.7 Å². The van der Waals surface area contributed by atoms with Crippen LogP contribution in [0.25, 0.3) is 4.91 Å². The van der Waals surface area contributed by atoms with Gasteiger partial charge in [0.25, 0.3) is 15.9 Å². The second-order valence-electron chi connectivity index (χ2n) is 7.58. The third kappa shape index (κ3) is 3.80. The molecular weight excluding hydrogens is 396 g/mol. The molecule has 7 heteroatoms. The number of nitrogens with one attached hydrogen (secondary N) is 1. The van der Waals surface area contributed by atoms with Crippen LogP contribution in [0.15, 0.2) is 60.3 Å². The van der Waals surface area contributed by atoms with Crippen molar-refractivity contribution in [2.45, 2.75) is 32.7 Å². The van der Waals surface area contributed by atoms with Crippen molar-refractivity contribution in [1.82, 2.24) is 9.62 Å². The largest absolute Gasteiger partial charge is 0.379 e. The molecule has 148 valence electrons. The quantitative estimate of drug-likeness (QED) is 0.801. The zero-order chi connectivity index (χ0) is 20.5. The van der Waals surface area contributed by atoms with Crippen LogP contribution in [0.2, 0.25) is 5.02 Å². The highest BCUT2D eigenvalue weighted by atomic mass is 35.5. The lowest BCUT2D eigenvalue weighted by atomic mass is 10.1. The number of carbonyl (C=O) groups excluding carboxylic acids is 1. The highest BCUT2D eigenvalue weighted by Crippen LogP contribution is 2.38. The Bertz CT molecular complexity index is 1030. The van der Waals surface area contributed by atoms with Crippen LogP contribution in [-0.2, 0) is 21.2 Å².